The summed E-state index contributed by atoms with van der Waals surface area (Å²) in [5.74, 6) is 0.412. The van der Waals surface area contributed by atoms with E-state index in [1.165, 1.54) is 0 Å². The Morgan fingerprint density at radius 1 is 1.35 bits per heavy atom. The standard InChI is InChI=1S/C11H20N2O3S/c14-11-4-2-8-17(15,16)13(11)7-5-10-3-1-6-12-9-10/h10,12H,1-9H2. The summed E-state index contributed by atoms with van der Waals surface area (Å²) < 4.78 is 24.6. The highest BCUT2D eigenvalue weighted by molar-refractivity contribution is 7.89. The van der Waals surface area contributed by atoms with Crippen molar-refractivity contribution in [2.75, 3.05) is 25.4 Å². The maximum absolute atomic E-state index is 11.8. The van der Waals surface area contributed by atoms with Crippen LogP contribution in [-0.2, 0) is 14.8 Å². The molecule has 1 unspecified atom stereocenters. The molecule has 2 fully saturated rings. The zero-order valence-corrected chi connectivity index (χ0v) is 10.8. The van der Waals surface area contributed by atoms with E-state index in [1.807, 2.05) is 0 Å². The Balaban J connectivity index is 1.89. The second-order valence-electron chi connectivity index (χ2n) is 4.89. The maximum Gasteiger partial charge on any atom is 0.237 e. The van der Waals surface area contributed by atoms with E-state index in [4.69, 9.17) is 0 Å². The highest BCUT2D eigenvalue weighted by atomic mass is 32.2. The smallest absolute Gasteiger partial charge is 0.237 e. The molecule has 2 aliphatic heterocycles. The lowest BCUT2D eigenvalue weighted by atomic mass is 9.96. The molecule has 5 nitrogen and oxygen atoms in total. The Morgan fingerprint density at radius 2 is 2.18 bits per heavy atom. The molecule has 0 aliphatic carbocycles. The van der Waals surface area contributed by atoms with Crippen molar-refractivity contribution in [1.29, 1.82) is 0 Å². The van der Waals surface area contributed by atoms with Crippen molar-refractivity contribution in [3.05, 3.63) is 0 Å². The lowest BCUT2D eigenvalue weighted by Crippen LogP contribution is -2.43. The average molecular weight is 260 g/mol. The number of nitrogens with zero attached hydrogens (tertiary/aromatic N) is 1. The van der Waals surface area contributed by atoms with Crippen LogP contribution in [0.5, 0.6) is 0 Å². The van der Waals surface area contributed by atoms with Crippen molar-refractivity contribution in [2.24, 2.45) is 5.92 Å². The van der Waals surface area contributed by atoms with E-state index in [9.17, 15) is 13.2 Å². The van der Waals surface area contributed by atoms with Gasteiger partial charge in [0.2, 0.25) is 15.9 Å². The molecule has 0 spiro atoms. The molecular weight excluding hydrogens is 240 g/mol. The molecule has 1 amide bonds. The van der Waals surface area contributed by atoms with Crippen molar-refractivity contribution < 1.29 is 13.2 Å². The number of carbonyl (C=O) groups is 1. The van der Waals surface area contributed by atoms with Crippen molar-refractivity contribution >= 4 is 15.9 Å². The maximum atomic E-state index is 11.8. The van der Waals surface area contributed by atoms with Gasteiger partial charge in [-0.15, -0.1) is 0 Å². The number of hydrogen-bond donors (Lipinski definition) is 1. The quantitative estimate of drug-likeness (QED) is 0.794. The van der Waals surface area contributed by atoms with Gasteiger partial charge in [0.25, 0.3) is 0 Å². The molecule has 98 valence electrons. The van der Waals surface area contributed by atoms with Gasteiger partial charge >= 0.3 is 0 Å². The Morgan fingerprint density at radius 3 is 2.82 bits per heavy atom. The third-order valence-corrected chi connectivity index (χ3v) is 5.41. The number of sulfonamides is 1. The first-order valence-electron chi connectivity index (χ1n) is 6.33. The van der Waals surface area contributed by atoms with Gasteiger partial charge in [0.1, 0.15) is 0 Å². The van der Waals surface area contributed by atoms with Crippen LogP contribution in [0.3, 0.4) is 0 Å². The molecule has 17 heavy (non-hydrogen) atoms. The monoisotopic (exact) mass is 260 g/mol. The number of rotatable bonds is 3. The highest BCUT2D eigenvalue weighted by Crippen LogP contribution is 2.19. The van der Waals surface area contributed by atoms with Crippen LogP contribution < -0.4 is 5.32 Å². The molecule has 2 aliphatic rings. The molecule has 2 rings (SSSR count). The van der Waals surface area contributed by atoms with Crippen LogP contribution in [0.2, 0.25) is 0 Å². The minimum atomic E-state index is -3.31. The highest BCUT2D eigenvalue weighted by Gasteiger charge is 2.31. The summed E-state index contributed by atoms with van der Waals surface area (Å²) in [7, 11) is -3.31. The number of carbonyl (C=O) groups excluding carboxylic acids is 1. The summed E-state index contributed by atoms with van der Waals surface area (Å²) >= 11 is 0. The van der Waals surface area contributed by atoms with Crippen LogP contribution in [0.15, 0.2) is 0 Å². The second-order valence-corrected chi connectivity index (χ2v) is 6.90. The molecule has 2 heterocycles. The first kappa shape index (κ1) is 12.8. The molecular formula is C11H20N2O3S. The third-order valence-electron chi connectivity index (χ3n) is 3.55. The Kier molecular flexibility index (Phi) is 4.04. The molecule has 1 N–H and O–H groups in total. The van der Waals surface area contributed by atoms with Crippen molar-refractivity contribution in [3.63, 3.8) is 0 Å². The van der Waals surface area contributed by atoms with E-state index in [-0.39, 0.29) is 11.7 Å². The summed E-state index contributed by atoms with van der Waals surface area (Å²) in [4.78, 5) is 11.6. The molecule has 2 saturated heterocycles. The Hall–Kier alpha value is -0.620. The summed E-state index contributed by atoms with van der Waals surface area (Å²) in [6.07, 6.45) is 3.92. The van der Waals surface area contributed by atoms with Crippen LogP contribution in [0.1, 0.15) is 32.1 Å². The zero-order chi connectivity index (χ0) is 12.3. The lowest BCUT2D eigenvalue weighted by molar-refractivity contribution is -0.127. The van der Waals surface area contributed by atoms with Crippen molar-refractivity contribution in [1.82, 2.24) is 9.62 Å². The molecule has 0 bridgehead atoms. The number of hydrogen-bond acceptors (Lipinski definition) is 4. The normalized spacial score (nSPS) is 29.3. The molecule has 0 saturated carbocycles. The van der Waals surface area contributed by atoms with Crippen LogP contribution in [0.25, 0.3) is 0 Å². The average Bonchev–Trinajstić information content (AvgIpc) is 2.29. The topological polar surface area (TPSA) is 66.5 Å². The van der Waals surface area contributed by atoms with Gasteiger partial charge < -0.3 is 5.32 Å². The van der Waals surface area contributed by atoms with Crippen LogP contribution in [0.4, 0.5) is 0 Å². The molecule has 0 radical (unpaired) electrons. The summed E-state index contributed by atoms with van der Waals surface area (Å²) in [5, 5.41) is 3.30. The van der Waals surface area contributed by atoms with E-state index in [2.05, 4.69) is 5.32 Å². The van der Waals surface area contributed by atoms with E-state index >= 15 is 0 Å². The first-order chi connectivity index (χ1) is 8.09. The van der Waals surface area contributed by atoms with Crippen LogP contribution >= 0.6 is 0 Å². The lowest BCUT2D eigenvalue weighted by Gasteiger charge is -2.29. The van der Waals surface area contributed by atoms with E-state index < -0.39 is 10.0 Å². The van der Waals surface area contributed by atoms with Gasteiger partial charge in [0, 0.05) is 13.0 Å². The number of nitrogens with one attached hydrogen (secondary N) is 1. The number of piperidine rings is 1. The van der Waals surface area contributed by atoms with Crippen LogP contribution in [-0.4, -0.2) is 44.0 Å². The fourth-order valence-corrected chi connectivity index (χ4v) is 4.04. The molecule has 0 aromatic heterocycles. The SMILES string of the molecule is O=C1CCCS(=O)(=O)N1CCC1CCCNC1. The number of amides is 1. The van der Waals surface area contributed by atoms with Gasteiger partial charge in [0.05, 0.1) is 5.75 Å². The summed E-state index contributed by atoms with van der Waals surface area (Å²) in [6, 6.07) is 0. The van der Waals surface area contributed by atoms with Gasteiger partial charge in [-0.1, -0.05) is 0 Å². The summed E-state index contributed by atoms with van der Waals surface area (Å²) in [6.45, 7) is 2.37. The fraction of sp³-hybridized carbons (Fsp3) is 0.909. The predicted molar refractivity (Wildman–Crippen MR) is 64.9 cm³/mol. The van der Waals surface area contributed by atoms with Gasteiger partial charge in [-0.3, -0.25) is 4.79 Å². The van der Waals surface area contributed by atoms with Gasteiger partial charge in [-0.05, 0) is 44.7 Å². The second kappa shape index (κ2) is 5.35. The Labute approximate surface area is 103 Å². The third kappa shape index (κ3) is 3.19. The summed E-state index contributed by atoms with van der Waals surface area (Å²) in [5.41, 5.74) is 0. The minimum Gasteiger partial charge on any atom is -0.316 e. The zero-order valence-electron chi connectivity index (χ0n) is 10.0. The van der Waals surface area contributed by atoms with E-state index in [0.717, 1.165) is 36.7 Å². The van der Waals surface area contributed by atoms with Crippen LogP contribution in [0, 0.1) is 5.92 Å². The van der Waals surface area contributed by atoms with Gasteiger partial charge in [-0.2, -0.15) is 0 Å². The van der Waals surface area contributed by atoms with E-state index in [1.54, 1.807) is 0 Å². The largest absolute Gasteiger partial charge is 0.316 e. The van der Waals surface area contributed by atoms with Crippen molar-refractivity contribution in [2.45, 2.75) is 32.1 Å². The fourth-order valence-electron chi connectivity index (χ4n) is 2.53. The van der Waals surface area contributed by atoms with Crippen molar-refractivity contribution in [3.8, 4) is 0 Å². The molecule has 1 atom stereocenters. The predicted octanol–water partition coefficient (Wildman–Crippen LogP) is 0.328. The van der Waals surface area contributed by atoms with E-state index in [0.29, 0.717) is 25.3 Å². The molecule has 6 heteroatoms. The minimum absolute atomic E-state index is 0.127. The molecule has 0 aromatic carbocycles. The van der Waals surface area contributed by atoms with Gasteiger partial charge in [0.15, 0.2) is 0 Å². The van der Waals surface area contributed by atoms with Gasteiger partial charge in [-0.25, -0.2) is 12.7 Å². The molecule has 0 aromatic rings. The Bertz CT molecular complexity index is 374. The first-order valence-corrected chi connectivity index (χ1v) is 7.94.